The van der Waals surface area contributed by atoms with Gasteiger partial charge in [-0.15, -0.1) is 0 Å². The Bertz CT molecular complexity index is 633. The number of fused-ring (bicyclic) bond motifs is 1. The largest absolute Gasteiger partial charge is 0.481 e. The predicted octanol–water partition coefficient (Wildman–Crippen LogP) is 2.63. The number of carboxylic acid groups (broad SMARTS) is 1. The normalized spacial score (nSPS) is 12.3. The van der Waals surface area contributed by atoms with Gasteiger partial charge in [0.15, 0.2) is 0 Å². The van der Waals surface area contributed by atoms with E-state index >= 15 is 0 Å². The van der Waals surface area contributed by atoms with E-state index in [0.717, 1.165) is 16.6 Å². The molecule has 0 spiro atoms. The van der Waals surface area contributed by atoms with E-state index in [4.69, 9.17) is 5.11 Å². The molecule has 106 valence electrons. The van der Waals surface area contributed by atoms with Crippen molar-refractivity contribution in [3.63, 3.8) is 0 Å². The van der Waals surface area contributed by atoms with Crippen molar-refractivity contribution < 1.29 is 14.7 Å². The van der Waals surface area contributed by atoms with E-state index in [9.17, 15) is 9.59 Å². The van der Waals surface area contributed by atoms with Crippen LogP contribution in [0.2, 0.25) is 0 Å². The molecular weight excluding hydrogens is 256 g/mol. The molecule has 2 aromatic rings. The lowest BCUT2D eigenvalue weighted by Crippen LogP contribution is -2.39. The number of carboxylic acids is 1. The van der Waals surface area contributed by atoms with Crippen LogP contribution in [-0.4, -0.2) is 28.5 Å². The summed E-state index contributed by atoms with van der Waals surface area (Å²) in [4.78, 5) is 28.1. The van der Waals surface area contributed by atoms with Gasteiger partial charge in [0.1, 0.15) is 5.92 Å². The quantitative estimate of drug-likeness (QED) is 0.823. The number of amides is 1. The van der Waals surface area contributed by atoms with Crippen LogP contribution in [0.25, 0.3) is 10.9 Å². The van der Waals surface area contributed by atoms with Gasteiger partial charge < -0.3 is 15.0 Å². The maximum Gasteiger partial charge on any atom is 0.316 e. The molecule has 0 radical (unpaired) electrons. The highest BCUT2D eigenvalue weighted by Gasteiger charge is 2.29. The number of rotatable bonds is 5. The minimum Gasteiger partial charge on any atom is -0.481 e. The molecule has 1 unspecified atom stereocenters. The summed E-state index contributed by atoms with van der Waals surface area (Å²) >= 11 is 0. The Balaban J connectivity index is 2.35. The van der Waals surface area contributed by atoms with Crippen molar-refractivity contribution in [1.29, 1.82) is 0 Å². The molecule has 0 bridgehead atoms. The Hall–Kier alpha value is -2.30. The second-order valence-corrected chi connectivity index (χ2v) is 4.63. The van der Waals surface area contributed by atoms with Crippen molar-refractivity contribution in [3.8, 4) is 0 Å². The van der Waals surface area contributed by atoms with E-state index < -0.39 is 11.9 Å². The summed E-state index contributed by atoms with van der Waals surface area (Å²) in [5, 5.41) is 10.1. The van der Waals surface area contributed by atoms with Crippen LogP contribution in [0.15, 0.2) is 30.5 Å². The van der Waals surface area contributed by atoms with Crippen molar-refractivity contribution in [2.24, 2.45) is 5.92 Å². The van der Waals surface area contributed by atoms with Crippen LogP contribution >= 0.6 is 0 Å². The lowest BCUT2D eigenvalue weighted by atomic mass is 10.0. The summed E-state index contributed by atoms with van der Waals surface area (Å²) < 4.78 is 0. The van der Waals surface area contributed by atoms with Crippen molar-refractivity contribution in [1.82, 2.24) is 4.98 Å². The first-order chi connectivity index (χ1) is 9.58. The summed E-state index contributed by atoms with van der Waals surface area (Å²) in [6.45, 7) is 3.99. The molecule has 2 N–H and O–H groups in total. The highest BCUT2D eigenvalue weighted by atomic mass is 16.4. The predicted molar refractivity (Wildman–Crippen MR) is 77.7 cm³/mol. The van der Waals surface area contributed by atoms with Crippen LogP contribution < -0.4 is 4.90 Å². The molecule has 1 aromatic carbocycles. The SMILES string of the molecule is CCC(C(=O)O)C(=O)N(CC)c1ccc2[nH]ccc2c1. The number of hydrogen-bond acceptors (Lipinski definition) is 2. The van der Waals surface area contributed by atoms with Crippen molar-refractivity contribution in [2.75, 3.05) is 11.4 Å². The molecule has 0 saturated carbocycles. The number of H-pyrrole nitrogens is 1. The molecule has 20 heavy (non-hydrogen) atoms. The Morgan fingerprint density at radius 2 is 2.05 bits per heavy atom. The number of benzene rings is 1. The number of carbonyl (C=O) groups is 2. The van der Waals surface area contributed by atoms with Gasteiger partial charge in [-0.05, 0) is 37.6 Å². The van der Waals surface area contributed by atoms with E-state index in [-0.39, 0.29) is 12.3 Å². The van der Waals surface area contributed by atoms with Gasteiger partial charge in [0.2, 0.25) is 5.91 Å². The highest BCUT2D eigenvalue weighted by molar-refractivity contribution is 6.06. The molecule has 1 heterocycles. The summed E-state index contributed by atoms with van der Waals surface area (Å²) in [6.07, 6.45) is 2.12. The molecule has 1 atom stereocenters. The minimum atomic E-state index is -1.07. The Morgan fingerprint density at radius 3 is 2.65 bits per heavy atom. The molecule has 0 aliphatic heterocycles. The average Bonchev–Trinajstić information content (AvgIpc) is 2.87. The Kier molecular flexibility index (Phi) is 4.08. The number of aromatic nitrogens is 1. The second kappa shape index (κ2) is 5.77. The molecule has 1 amide bonds. The number of nitrogens with zero attached hydrogens (tertiary/aromatic N) is 1. The Morgan fingerprint density at radius 1 is 1.30 bits per heavy atom. The Labute approximate surface area is 117 Å². The molecule has 1 aromatic heterocycles. The van der Waals surface area contributed by atoms with Crippen LogP contribution in [0.4, 0.5) is 5.69 Å². The van der Waals surface area contributed by atoms with Gasteiger partial charge in [0.05, 0.1) is 0 Å². The smallest absolute Gasteiger partial charge is 0.316 e. The fraction of sp³-hybridized carbons (Fsp3) is 0.333. The topological polar surface area (TPSA) is 73.4 Å². The van der Waals surface area contributed by atoms with Gasteiger partial charge in [-0.3, -0.25) is 9.59 Å². The number of nitrogens with one attached hydrogen (secondary N) is 1. The lowest BCUT2D eigenvalue weighted by Gasteiger charge is -2.24. The van der Waals surface area contributed by atoms with Crippen LogP contribution in [-0.2, 0) is 9.59 Å². The van der Waals surface area contributed by atoms with Crippen molar-refractivity contribution in [3.05, 3.63) is 30.5 Å². The van der Waals surface area contributed by atoms with Gasteiger partial charge in [0.25, 0.3) is 0 Å². The monoisotopic (exact) mass is 274 g/mol. The van der Waals surface area contributed by atoms with Crippen molar-refractivity contribution >= 4 is 28.5 Å². The maximum atomic E-state index is 12.4. The number of aliphatic carboxylic acids is 1. The maximum absolute atomic E-state index is 12.4. The third-order valence-electron chi connectivity index (χ3n) is 3.44. The third kappa shape index (κ3) is 2.52. The number of anilines is 1. The third-order valence-corrected chi connectivity index (χ3v) is 3.44. The van der Waals surface area contributed by atoms with Crippen molar-refractivity contribution in [2.45, 2.75) is 20.3 Å². The average molecular weight is 274 g/mol. The zero-order valence-electron chi connectivity index (χ0n) is 11.6. The first kappa shape index (κ1) is 14.1. The molecule has 5 heteroatoms. The summed E-state index contributed by atoms with van der Waals surface area (Å²) in [6, 6.07) is 7.53. The van der Waals surface area contributed by atoms with E-state index in [0.29, 0.717) is 6.54 Å². The molecule has 5 nitrogen and oxygen atoms in total. The van der Waals surface area contributed by atoms with Crippen LogP contribution in [0.5, 0.6) is 0 Å². The van der Waals surface area contributed by atoms with Crippen LogP contribution in [0.1, 0.15) is 20.3 Å². The summed E-state index contributed by atoms with van der Waals surface area (Å²) in [7, 11) is 0. The van der Waals surface area contributed by atoms with Gasteiger partial charge in [-0.25, -0.2) is 0 Å². The standard InChI is InChI=1S/C15H18N2O3/c1-3-12(15(19)20)14(18)17(4-2)11-5-6-13-10(9-11)7-8-16-13/h5-9,12,16H,3-4H2,1-2H3,(H,19,20). The zero-order valence-corrected chi connectivity index (χ0v) is 11.6. The molecule has 0 fully saturated rings. The van der Waals surface area contributed by atoms with Gasteiger partial charge in [-0.1, -0.05) is 6.92 Å². The first-order valence-electron chi connectivity index (χ1n) is 6.69. The van der Waals surface area contributed by atoms with Gasteiger partial charge in [-0.2, -0.15) is 0 Å². The molecule has 0 saturated heterocycles. The number of aromatic amines is 1. The van der Waals surface area contributed by atoms with E-state index in [1.54, 1.807) is 6.92 Å². The molecule has 2 rings (SSSR count). The minimum absolute atomic E-state index is 0.289. The van der Waals surface area contributed by atoms with E-state index in [1.165, 1.54) is 4.90 Å². The fourth-order valence-electron chi connectivity index (χ4n) is 2.32. The summed E-state index contributed by atoms with van der Waals surface area (Å²) in [5.41, 5.74) is 1.71. The fourth-order valence-corrected chi connectivity index (χ4v) is 2.32. The van der Waals surface area contributed by atoms with Crippen LogP contribution in [0, 0.1) is 5.92 Å². The summed E-state index contributed by atoms with van der Waals surface area (Å²) in [5.74, 6) is -2.42. The molecular formula is C15H18N2O3. The molecule has 0 aliphatic carbocycles. The lowest BCUT2D eigenvalue weighted by molar-refractivity contribution is -0.146. The first-order valence-corrected chi connectivity index (χ1v) is 6.69. The van der Waals surface area contributed by atoms with E-state index in [2.05, 4.69) is 4.98 Å². The zero-order chi connectivity index (χ0) is 14.7. The second-order valence-electron chi connectivity index (χ2n) is 4.63. The van der Waals surface area contributed by atoms with Gasteiger partial charge >= 0.3 is 5.97 Å². The van der Waals surface area contributed by atoms with Crippen LogP contribution in [0.3, 0.4) is 0 Å². The van der Waals surface area contributed by atoms with E-state index in [1.807, 2.05) is 37.4 Å². The number of hydrogen-bond donors (Lipinski definition) is 2. The van der Waals surface area contributed by atoms with Gasteiger partial charge in [0, 0.05) is 29.3 Å². The highest BCUT2D eigenvalue weighted by Crippen LogP contribution is 2.23. The molecule has 0 aliphatic rings. The number of carbonyl (C=O) groups excluding carboxylic acids is 1.